The molecule has 0 unspecified atom stereocenters. The van der Waals surface area contributed by atoms with Gasteiger partial charge in [0.25, 0.3) is 5.91 Å². The molecule has 0 heterocycles. The van der Waals surface area contributed by atoms with Crippen molar-refractivity contribution in [3.8, 4) is 0 Å². The summed E-state index contributed by atoms with van der Waals surface area (Å²) < 4.78 is 25.4. The maximum absolute atomic E-state index is 12.4. The molecule has 2 rings (SSSR count). The van der Waals surface area contributed by atoms with Crippen LogP contribution in [0, 0.1) is 0 Å². The average molecular weight is 359 g/mol. The van der Waals surface area contributed by atoms with Crippen LogP contribution in [0.2, 0.25) is 0 Å². The highest BCUT2D eigenvalue weighted by atomic mass is 32.2. The second-order valence-electron chi connectivity index (χ2n) is 5.61. The number of carbonyl (C=O) groups is 1. The van der Waals surface area contributed by atoms with E-state index >= 15 is 0 Å². The van der Waals surface area contributed by atoms with Crippen LogP contribution in [0.3, 0.4) is 0 Å². The molecule has 132 valence electrons. The Hall–Kier alpha value is -2.67. The summed E-state index contributed by atoms with van der Waals surface area (Å²) in [5.41, 5.74) is 4.38. The third-order valence-corrected chi connectivity index (χ3v) is 4.87. The first-order chi connectivity index (χ1) is 11.8. The number of sulfonamides is 1. The molecule has 0 bridgehead atoms. The van der Waals surface area contributed by atoms with Crippen molar-refractivity contribution in [1.29, 1.82) is 0 Å². The van der Waals surface area contributed by atoms with Crippen molar-refractivity contribution in [3.05, 3.63) is 66.2 Å². The third-order valence-electron chi connectivity index (χ3n) is 3.62. The molecule has 0 spiro atoms. The zero-order chi connectivity index (χ0) is 18.4. The average Bonchev–Trinajstić information content (AvgIpc) is 2.60. The predicted octanol–water partition coefficient (Wildman–Crippen LogP) is 2.38. The molecular weight excluding hydrogens is 338 g/mol. The molecule has 2 aromatic rings. The molecule has 6 nitrogen and oxygen atoms in total. The zero-order valence-corrected chi connectivity index (χ0v) is 15.2. The zero-order valence-electron chi connectivity index (χ0n) is 14.4. The Bertz CT molecular complexity index is 850. The highest BCUT2D eigenvalue weighted by molar-refractivity contribution is 7.92. The SMILES string of the molecule is C/C(=N/NC(=O)[C@@H](C)N(c1ccccc1)S(C)(=O)=O)c1ccccc1. The molecule has 1 amide bonds. The van der Waals surface area contributed by atoms with E-state index in [2.05, 4.69) is 10.5 Å². The van der Waals surface area contributed by atoms with Gasteiger partial charge in [0.1, 0.15) is 6.04 Å². The van der Waals surface area contributed by atoms with Crippen LogP contribution >= 0.6 is 0 Å². The summed E-state index contributed by atoms with van der Waals surface area (Å²) in [5, 5.41) is 4.07. The minimum atomic E-state index is -3.63. The minimum Gasteiger partial charge on any atom is -0.271 e. The maximum atomic E-state index is 12.4. The van der Waals surface area contributed by atoms with Gasteiger partial charge in [0.15, 0.2) is 0 Å². The first-order valence-corrected chi connectivity index (χ1v) is 9.59. The Labute approximate surface area is 148 Å². The fourth-order valence-corrected chi connectivity index (χ4v) is 3.53. The Morgan fingerprint density at radius 3 is 2.08 bits per heavy atom. The highest BCUT2D eigenvalue weighted by Crippen LogP contribution is 2.20. The predicted molar refractivity (Wildman–Crippen MR) is 100 cm³/mol. The molecule has 7 heteroatoms. The number of carbonyl (C=O) groups excluding carboxylic acids is 1. The standard InChI is InChI=1S/C18H21N3O3S/c1-14(16-10-6-4-7-11-16)19-20-18(22)15(2)21(25(3,23)24)17-12-8-5-9-13-17/h4-13,15H,1-3H3,(H,20,22)/b19-14-/t15-/m1/s1. The Morgan fingerprint density at radius 2 is 1.56 bits per heavy atom. The van der Waals surface area contributed by atoms with Gasteiger partial charge in [0.2, 0.25) is 10.0 Å². The lowest BCUT2D eigenvalue weighted by Crippen LogP contribution is -2.46. The van der Waals surface area contributed by atoms with Crippen LogP contribution in [-0.4, -0.2) is 32.3 Å². The maximum Gasteiger partial charge on any atom is 0.263 e. The van der Waals surface area contributed by atoms with Gasteiger partial charge >= 0.3 is 0 Å². The Morgan fingerprint density at radius 1 is 1.04 bits per heavy atom. The number of rotatable bonds is 6. The molecule has 0 saturated heterocycles. The van der Waals surface area contributed by atoms with Gasteiger partial charge in [0.05, 0.1) is 17.7 Å². The van der Waals surface area contributed by atoms with Crippen molar-refractivity contribution in [2.45, 2.75) is 19.9 Å². The van der Waals surface area contributed by atoms with Gasteiger partial charge in [-0.2, -0.15) is 5.10 Å². The summed E-state index contributed by atoms with van der Waals surface area (Å²) in [6, 6.07) is 17.0. The molecular formula is C18H21N3O3S. The summed E-state index contributed by atoms with van der Waals surface area (Å²) in [4.78, 5) is 12.4. The van der Waals surface area contributed by atoms with E-state index in [1.54, 1.807) is 37.3 Å². The molecule has 25 heavy (non-hydrogen) atoms. The van der Waals surface area contributed by atoms with Gasteiger partial charge in [0, 0.05) is 0 Å². The molecule has 0 aromatic heterocycles. The van der Waals surface area contributed by atoms with Crippen LogP contribution in [0.4, 0.5) is 5.69 Å². The molecule has 2 aromatic carbocycles. The Kier molecular flexibility index (Phi) is 5.93. The number of hydrazone groups is 1. The summed E-state index contributed by atoms with van der Waals surface area (Å²) in [6.07, 6.45) is 1.07. The quantitative estimate of drug-likeness (QED) is 0.635. The molecule has 0 aliphatic heterocycles. The van der Waals surface area contributed by atoms with Crippen LogP contribution in [-0.2, 0) is 14.8 Å². The number of para-hydroxylation sites is 1. The molecule has 1 N–H and O–H groups in total. The first-order valence-electron chi connectivity index (χ1n) is 7.74. The lowest BCUT2D eigenvalue weighted by molar-refractivity contribution is -0.121. The van der Waals surface area contributed by atoms with Crippen LogP contribution in [0.5, 0.6) is 0 Å². The van der Waals surface area contributed by atoms with E-state index in [0.717, 1.165) is 16.1 Å². The van der Waals surface area contributed by atoms with Gasteiger partial charge < -0.3 is 0 Å². The van der Waals surface area contributed by atoms with E-state index < -0.39 is 22.0 Å². The van der Waals surface area contributed by atoms with Crippen molar-refractivity contribution in [2.24, 2.45) is 5.10 Å². The van der Waals surface area contributed by atoms with Gasteiger partial charge in [-0.05, 0) is 31.5 Å². The molecule has 0 aliphatic rings. The van der Waals surface area contributed by atoms with Gasteiger partial charge in [-0.15, -0.1) is 0 Å². The van der Waals surface area contributed by atoms with Crippen molar-refractivity contribution in [3.63, 3.8) is 0 Å². The van der Waals surface area contributed by atoms with E-state index in [1.165, 1.54) is 6.92 Å². The van der Waals surface area contributed by atoms with E-state index in [4.69, 9.17) is 0 Å². The fourth-order valence-electron chi connectivity index (χ4n) is 2.36. The topological polar surface area (TPSA) is 78.8 Å². The lowest BCUT2D eigenvalue weighted by Gasteiger charge is -2.27. The van der Waals surface area contributed by atoms with Crippen molar-refractivity contribution in [2.75, 3.05) is 10.6 Å². The summed E-state index contributed by atoms with van der Waals surface area (Å²) in [5.74, 6) is -0.510. The largest absolute Gasteiger partial charge is 0.271 e. The van der Waals surface area contributed by atoms with Crippen LogP contribution in [0.15, 0.2) is 65.8 Å². The lowest BCUT2D eigenvalue weighted by atomic mass is 10.1. The second kappa shape index (κ2) is 7.94. The van der Waals surface area contributed by atoms with E-state index in [9.17, 15) is 13.2 Å². The van der Waals surface area contributed by atoms with E-state index in [0.29, 0.717) is 11.4 Å². The number of benzene rings is 2. The molecule has 0 saturated carbocycles. The summed E-state index contributed by atoms with van der Waals surface area (Å²) >= 11 is 0. The van der Waals surface area contributed by atoms with Crippen molar-refractivity contribution in [1.82, 2.24) is 5.43 Å². The van der Waals surface area contributed by atoms with E-state index in [-0.39, 0.29) is 0 Å². The summed E-state index contributed by atoms with van der Waals surface area (Å²) in [7, 11) is -3.63. The number of hydrogen-bond donors (Lipinski definition) is 1. The second-order valence-corrected chi connectivity index (χ2v) is 7.47. The number of hydrogen-bond acceptors (Lipinski definition) is 4. The third kappa shape index (κ3) is 4.90. The van der Waals surface area contributed by atoms with Crippen molar-refractivity contribution < 1.29 is 13.2 Å². The number of anilines is 1. The van der Waals surface area contributed by atoms with Gasteiger partial charge in [-0.1, -0.05) is 48.5 Å². The molecule has 1 atom stereocenters. The van der Waals surface area contributed by atoms with Crippen LogP contribution in [0.25, 0.3) is 0 Å². The van der Waals surface area contributed by atoms with Crippen molar-refractivity contribution >= 4 is 27.3 Å². The smallest absolute Gasteiger partial charge is 0.263 e. The molecule has 0 radical (unpaired) electrons. The minimum absolute atomic E-state index is 0.427. The van der Waals surface area contributed by atoms with E-state index in [1.807, 2.05) is 30.3 Å². The highest BCUT2D eigenvalue weighted by Gasteiger charge is 2.28. The Balaban J connectivity index is 2.19. The number of amides is 1. The van der Waals surface area contributed by atoms with Gasteiger partial charge in [-0.25, -0.2) is 13.8 Å². The fraction of sp³-hybridized carbons (Fsp3) is 0.222. The molecule has 0 fully saturated rings. The summed E-state index contributed by atoms with van der Waals surface area (Å²) in [6.45, 7) is 3.29. The monoisotopic (exact) mass is 359 g/mol. The van der Waals surface area contributed by atoms with Crippen LogP contribution in [0.1, 0.15) is 19.4 Å². The normalized spacial score (nSPS) is 13.2. The van der Waals surface area contributed by atoms with Crippen LogP contribution < -0.4 is 9.73 Å². The first kappa shape index (κ1) is 18.7. The van der Waals surface area contributed by atoms with Gasteiger partial charge in [-0.3, -0.25) is 9.10 Å². The number of nitrogens with zero attached hydrogens (tertiary/aromatic N) is 2. The number of nitrogens with one attached hydrogen (secondary N) is 1. The molecule has 0 aliphatic carbocycles.